The lowest BCUT2D eigenvalue weighted by Crippen LogP contribution is -2.32. The summed E-state index contributed by atoms with van der Waals surface area (Å²) in [5.74, 6) is -0.806. The van der Waals surface area contributed by atoms with Gasteiger partial charge in [-0.25, -0.2) is 9.78 Å². The Bertz CT molecular complexity index is 682. The Morgan fingerprint density at radius 1 is 1.30 bits per heavy atom. The number of hydrogen-bond donors (Lipinski definition) is 1. The first kappa shape index (κ1) is 14.2. The molecule has 0 saturated heterocycles. The highest BCUT2D eigenvalue weighted by molar-refractivity contribution is 5.93. The summed E-state index contributed by atoms with van der Waals surface area (Å²) in [6, 6.07) is 4.46. The summed E-state index contributed by atoms with van der Waals surface area (Å²) >= 11 is 0. The van der Waals surface area contributed by atoms with Gasteiger partial charge in [0.2, 0.25) is 5.89 Å². The van der Waals surface area contributed by atoms with Gasteiger partial charge in [0.05, 0.1) is 11.0 Å². The van der Waals surface area contributed by atoms with Crippen LogP contribution in [0.1, 0.15) is 43.9 Å². The van der Waals surface area contributed by atoms with Crippen LogP contribution in [0.4, 0.5) is 0 Å². The van der Waals surface area contributed by atoms with E-state index in [1.807, 2.05) is 13.8 Å². The highest BCUT2D eigenvalue weighted by Crippen LogP contribution is 2.30. The smallest absolute Gasteiger partial charge is 0.335 e. The number of hydrogen-bond acceptors (Lipinski definition) is 4. The number of aromatic carboxylic acids is 1. The molecule has 0 aliphatic carbocycles. The monoisotopic (exact) mass is 275 g/mol. The highest BCUT2D eigenvalue weighted by atomic mass is 16.4. The van der Waals surface area contributed by atoms with E-state index in [2.05, 4.69) is 4.98 Å². The summed E-state index contributed by atoms with van der Waals surface area (Å²) in [6.07, 6.45) is 0. The van der Waals surface area contributed by atoms with Crippen LogP contribution in [-0.2, 0) is 10.2 Å². The predicted molar refractivity (Wildman–Crippen MR) is 73.8 cm³/mol. The number of carbonyl (C=O) groups excluding carboxylic acids is 1. The molecule has 0 radical (unpaired) electrons. The van der Waals surface area contributed by atoms with E-state index in [4.69, 9.17) is 9.52 Å². The number of benzene rings is 1. The van der Waals surface area contributed by atoms with Crippen LogP contribution in [0, 0.1) is 5.92 Å². The Hall–Kier alpha value is -2.17. The molecule has 0 aliphatic rings. The molecule has 0 bridgehead atoms. The Balaban J connectivity index is 2.51. The van der Waals surface area contributed by atoms with Crippen molar-refractivity contribution in [2.75, 3.05) is 0 Å². The molecule has 0 aliphatic heterocycles. The molecule has 0 atom stereocenters. The minimum absolute atomic E-state index is 0.0301. The Labute approximate surface area is 116 Å². The van der Waals surface area contributed by atoms with Crippen LogP contribution in [0.5, 0.6) is 0 Å². The van der Waals surface area contributed by atoms with E-state index in [1.54, 1.807) is 19.9 Å². The van der Waals surface area contributed by atoms with Gasteiger partial charge >= 0.3 is 5.97 Å². The number of nitrogens with zero attached hydrogens (tertiary/aromatic N) is 1. The average molecular weight is 275 g/mol. The number of ketones is 1. The molecule has 0 saturated carbocycles. The maximum atomic E-state index is 12.2. The van der Waals surface area contributed by atoms with Crippen molar-refractivity contribution in [1.82, 2.24) is 4.98 Å². The third kappa shape index (κ3) is 2.31. The summed E-state index contributed by atoms with van der Waals surface area (Å²) in [6.45, 7) is 7.18. The average Bonchev–Trinajstić information content (AvgIpc) is 2.80. The van der Waals surface area contributed by atoms with Crippen molar-refractivity contribution in [1.29, 1.82) is 0 Å². The first-order valence-electron chi connectivity index (χ1n) is 6.42. The van der Waals surface area contributed by atoms with Gasteiger partial charge in [-0.3, -0.25) is 4.79 Å². The zero-order valence-corrected chi connectivity index (χ0v) is 11.9. The van der Waals surface area contributed by atoms with Crippen LogP contribution < -0.4 is 0 Å². The Morgan fingerprint density at radius 3 is 2.50 bits per heavy atom. The number of carbonyl (C=O) groups is 2. The summed E-state index contributed by atoms with van der Waals surface area (Å²) in [5.41, 5.74) is 0.237. The van der Waals surface area contributed by atoms with Crippen LogP contribution in [0.2, 0.25) is 0 Å². The molecule has 0 unspecified atom stereocenters. The largest absolute Gasteiger partial charge is 0.478 e. The molecule has 1 N–H and O–H groups in total. The molecule has 2 aromatic rings. The number of oxazole rings is 1. The first-order chi connectivity index (χ1) is 9.23. The number of aromatic nitrogens is 1. The fourth-order valence-electron chi connectivity index (χ4n) is 2.15. The maximum Gasteiger partial charge on any atom is 0.335 e. The van der Waals surface area contributed by atoms with E-state index in [0.717, 1.165) is 0 Å². The molecule has 1 heterocycles. The molecule has 0 fully saturated rings. The molecular weight excluding hydrogens is 258 g/mol. The second-order valence-electron chi connectivity index (χ2n) is 5.65. The zero-order chi connectivity index (χ0) is 15.1. The van der Waals surface area contributed by atoms with Crippen LogP contribution >= 0.6 is 0 Å². The standard InChI is InChI=1S/C15H17NO4/c1-8(2)12(17)15(3,4)14-16-10-7-9(13(18)19)5-6-11(10)20-14/h5-8H,1-4H3,(H,18,19). The van der Waals surface area contributed by atoms with Gasteiger partial charge in [0.25, 0.3) is 0 Å². The van der Waals surface area contributed by atoms with Crippen molar-refractivity contribution in [2.45, 2.75) is 33.1 Å². The van der Waals surface area contributed by atoms with E-state index < -0.39 is 11.4 Å². The van der Waals surface area contributed by atoms with Crippen molar-refractivity contribution in [3.05, 3.63) is 29.7 Å². The number of carboxylic acids is 1. The van der Waals surface area contributed by atoms with Gasteiger partial charge in [0, 0.05) is 5.92 Å². The van der Waals surface area contributed by atoms with Crippen molar-refractivity contribution < 1.29 is 19.1 Å². The third-order valence-electron chi connectivity index (χ3n) is 3.31. The molecule has 2 rings (SSSR count). The molecule has 20 heavy (non-hydrogen) atoms. The van der Waals surface area contributed by atoms with Gasteiger partial charge in [0.15, 0.2) is 5.58 Å². The molecule has 1 aromatic carbocycles. The van der Waals surface area contributed by atoms with E-state index >= 15 is 0 Å². The molecule has 1 aromatic heterocycles. The molecule has 0 spiro atoms. The lowest BCUT2D eigenvalue weighted by atomic mass is 9.82. The van der Waals surface area contributed by atoms with Crippen molar-refractivity contribution in [3.8, 4) is 0 Å². The van der Waals surface area contributed by atoms with E-state index in [-0.39, 0.29) is 17.3 Å². The fraction of sp³-hybridized carbons (Fsp3) is 0.400. The fourth-order valence-corrected chi connectivity index (χ4v) is 2.15. The Kier molecular flexibility index (Phi) is 3.38. The molecular formula is C15H17NO4. The first-order valence-corrected chi connectivity index (χ1v) is 6.42. The minimum Gasteiger partial charge on any atom is -0.478 e. The van der Waals surface area contributed by atoms with E-state index in [9.17, 15) is 9.59 Å². The lowest BCUT2D eigenvalue weighted by molar-refractivity contribution is -0.127. The third-order valence-corrected chi connectivity index (χ3v) is 3.31. The zero-order valence-electron chi connectivity index (χ0n) is 11.9. The van der Waals surface area contributed by atoms with Crippen LogP contribution in [0.3, 0.4) is 0 Å². The second-order valence-corrected chi connectivity index (χ2v) is 5.65. The quantitative estimate of drug-likeness (QED) is 0.927. The number of Topliss-reactive ketones (excluding diaryl/α,β-unsaturated/α-hetero) is 1. The van der Waals surface area contributed by atoms with Gasteiger partial charge in [-0.15, -0.1) is 0 Å². The SMILES string of the molecule is CC(C)C(=O)C(C)(C)c1nc2cc(C(=O)O)ccc2o1. The highest BCUT2D eigenvalue weighted by Gasteiger charge is 2.36. The normalized spacial score (nSPS) is 12.1. The maximum absolute atomic E-state index is 12.2. The molecule has 106 valence electrons. The van der Waals surface area contributed by atoms with E-state index in [0.29, 0.717) is 17.0 Å². The summed E-state index contributed by atoms with van der Waals surface area (Å²) < 4.78 is 5.61. The summed E-state index contributed by atoms with van der Waals surface area (Å²) in [7, 11) is 0. The van der Waals surface area contributed by atoms with Gasteiger partial charge in [-0.05, 0) is 32.0 Å². The summed E-state index contributed by atoms with van der Waals surface area (Å²) in [4.78, 5) is 27.4. The van der Waals surface area contributed by atoms with Gasteiger partial charge < -0.3 is 9.52 Å². The van der Waals surface area contributed by atoms with Gasteiger partial charge in [0.1, 0.15) is 11.3 Å². The topological polar surface area (TPSA) is 80.4 Å². The van der Waals surface area contributed by atoms with E-state index in [1.165, 1.54) is 12.1 Å². The minimum atomic E-state index is -1.02. The van der Waals surface area contributed by atoms with Gasteiger partial charge in [-0.1, -0.05) is 13.8 Å². The molecule has 0 amide bonds. The van der Waals surface area contributed by atoms with Crippen LogP contribution in [-0.4, -0.2) is 21.8 Å². The number of fused-ring (bicyclic) bond motifs is 1. The van der Waals surface area contributed by atoms with Crippen molar-refractivity contribution in [3.63, 3.8) is 0 Å². The van der Waals surface area contributed by atoms with Crippen molar-refractivity contribution >= 4 is 22.9 Å². The van der Waals surface area contributed by atoms with Crippen LogP contribution in [0.25, 0.3) is 11.1 Å². The molecule has 5 heteroatoms. The Morgan fingerprint density at radius 2 is 1.95 bits per heavy atom. The summed E-state index contributed by atoms with van der Waals surface area (Å²) in [5, 5.41) is 8.96. The number of rotatable bonds is 4. The second kappa shape index (κ2) is 4.74. The predicted octanol–water partition coefficient (Wildman–Crippen LogP) is 3.03. The number of carboxylic acid groups (broad SMARTS) is 1. The van der Waals surface area contributed by atoms with Crippen molar-refractivity contribution in [2.24, 2.45) is 5.92 Å². The van der Waals surface area contributed by atoms with Gasteiger partial charge in [-0.2, -0.15) is 0 Å². The molecule has 5 nitrogen and oxygen atoms in total. The lowest BCUT2D eigenvalue weighted by Gasteiger charge is -2.21. The van der Waals surface area contributed by atoms with Crippen LogP contribution in [0.15, 0.2) is 22.6 Å².